The molecule has 0 spiro atoms. The van der Waals surface area contributed by atoms with Gasteiger partial charge in [-0.2, -0.15) is 0 Å². The van der Waals surface area contributed by atoms with E-state index >= 15 is 0 Å². The third kappa shape index (κ3) is 2.01. The molecule has 1 aliphatic rings. The molecule has 1 aromatic heterocycles. The summed E-state index contributed by atoms with van der Waals surface area (Å²) < 4.78 is 5.47. The highest BCUT2D eigenvalue weighted by molar-refractivity contribution is 5.96. The minimum absolute atomic E-state index is 0.574. The van der Waals surface area contributed by atoms with Crippen LogP contribution in [-0.4, -0.2) is 18.1 Å². The summed E-state index contributed by atoms with van der Waals surface area (Å²) in [6.45, 7) is 0. The highest BCUT2D eigenvalue weighted by atomic mass is 16.5. The normalized spacial score (nSPS) is 16.1. The Bertz CT molecular complexity index is 547. The standard InChI is InChI=1S/C15H18N2O/c1-18-14-7-6-11-8-9-16-10-13(11)15(14)17-12-4-2-3-5-12/h6-10,12,17H,2-5H2,1H3. The molecular formula is C15H18N2O. The van der Waals surface area contributed by atoms with Crippen molar-refractivity contribution in [3.8, 4) is 5.75 Å². The fourth-order valence-corrected chi connectivity index (χ4v) is 2.73. The average Bonchev–Trinajstić information content (AvgIpc) is 2.92. The SMILES string of the molecule is COc1ccc2ccncc2c1NC1CCCC1. The molecule has 1 aliphatic carbocycles. The Morgan fingerprint density at radius 3 is 2.83 bits per heavy atom. The van der Waals surface area contributed by atoms with Gasteiger partial charge >= 0.3 is 0 Å². The van der Waals surface area contributed by atoms with Gasteiger partial charge in [0.15, 0.2) is 0 Å². The highest BCUT2D eigenvalue weighted by Gasteiger charge is 2.17. The number of benzene rings is 1. The predicted octanol–water partition coefficient (Wildman–Crippen LogP) is 3.60. The van der Waals surface area contributed by atoms with Crippen LogP contribution in [0.5, 0.6) is 5.75 Å². The second-order valence-electron chi connectivity index (χ2n) is 4.87. The van der Waals surface area contributed by atoms with Gasteiger partial charge < -0.3 is 10.1 Å². The molecule has 1 saturated carbocycles. The second kappa shape index (κ2) is 4.84. The van der Waals surface area contributed by atoms with Gasteiger partial charge in [-0.3, -0.25) is 4.98 Å². The molecule has 18 heavy (non-hydrogen) atoms. The van der Waals surface area contributed by atoms with Crippen LogP contribution in [0.1, 0.15) is 25.7 Å². The minimum atomic E-state index is 0.574. The molecule has 0 radical (unpaired) electrons. The van der Waals surface area contributed by atoms with E-state index in [2.05, 4.69) is 16.4 Å². The fraction of sp³-hybridized carbons (Fsp3) is 0.400. The molecular weight excluding hydrogens is 224 g/mol. The van der Waals surface area contributed by atoms with Crippen LogP contribution in [-0.2, 0) is 0 Å². The van der Waals surface area contributed by atoms with Gasteiger partial charge in [0.2, 0.25) is 0 Å². The topological polar surface area (TPSA) is 34.1 Å². The quantitative estimate of drug-likeness (QED) is 0.893. The van der Waals surface area contributed by atoms with Gasteiger partial charge in [-0.15, -0.1) is 0 Å². The largest absolute Gasteiger partial charge is 0.495 e. The number of nitrogens with one attached hydrogen (secondary N) is 1. The summed E-state index contributed by atoms with van der Waals surface area (Å²) in [6.07, 6.45) is 8.88. The van der Waals surface area contributed by atoms with E-state index in [4.69, 9.17) is 4.74 Å². The van der Waals surface area contributed by atoms with Gasteiger partial charge in [0.1, 0.15) is 5.75 Å². The number of hydrogen-bond donors (Lipinski definition) is 1. The summed E-state index contributed by atoms with van der Waals surface area (Å²) in [5, 5.41) is 5.98. The van der Waals surface area contributed by atoms with E-state index in [9.17, 15) is 0 Å². The Morgan fingerprint density at radius 2 is 2.06 bits per heavy atom. The van der Waals surface area contributed by atoms with E-state index in [0.717, 1.165) is 16.8 Å². The molecule has 0 bridgehead atoms. The zero-order chi connectivity index (χ0) is 12.4. The van der Waals surface area contributed by atoms with Crippen molar-refractivity contribution in [2.45, 2.75) is 31.7 Å². The van der Waals surface area contributed by atoms with Gasteiger partial charge in [-0.1, -0.05) is 18.9 Å². The maximum absolute atomic E-state index is 5.47. The Kier molecular flexibility index (Phi) is 3.05. The lowest BCUT2D eigenvalue weighted by Crippen LogP contribution is -2.15. The number of pyridine rings is 1. The first-order valence-corrected chi connectivity index (χ1v) is 6.56. The predicted molar refractivity (Wildman–Crippen MR) is 74.2 cm³/mol. The van der Waals surface area contributed by atoms with E-state index in [1.54, 1.807) is 7.11 Å². The number of methoxy groups -OCH3 is 1. The Balaban J connectivity index is 2.05. The second-order valence-corrected chi connectivity index (χ2v) is 4.87. The van der Waals surface area contributed by atoms with E-state index in [-0.39, 0.29) is 0 Å². The Labute approximate surface area is 107 Å². The molecule has 1 aromatic carbocycles. The van der Waals surface area contributed by atoms with E-state index in [1.165, 1.54) is 31.1 Å². The zero-order valence-electron chi connectivity index (χ0n) is 10.6. The first-order chi connectivity index (χ1) is 8.88. The fourth-order valence-electron chi connectivity index (χ4n) is 2.73. The van der Waals surface area contributed by atoms with E-state index in [0.29, 0.717) is 6.04 Å². The van der Waals surface area contributed by atoms with Crippen LogP contribution in [0.2, 0.25) is 0 Å². The summed E-state index contributed by atoms with van der Waals surface area (Å²) in [5.74, 6) is 0.905. The first kappa shape index (κ1) is 11.3. The number of aromatic nitrogens is 1. The molecule has 94 valence electrons. The summed E-state index contributed by atoms with van der Waals surface area (Å²) in [4.78, 5) is 4.23. The van der Waals surface area contributed by atoms with Gasteiger partial charge in [0, 0.05) is 23.8 Å². The zero-order valence-corrected chi connectivity index (χ0v) is 10.6. The van der Waals surface area contributed by atoms with Crippen LogP contribution < -0.4 is 10.1 Å². The lowest BCUT2D eigenvalue weighted by atomic mass is 10.1. The van der Waals surface area contributed by atoms with Gasteiger partial charge in [0.05, 0.1) is 12.8 Å². The number of ether oxygens (including phenoxy) is 1. The molecule has 0 unspecified atom stereocenters. The first-order valence-electron chi connectivity index (χ1n) is 6.56. The van der Waals surface area contributed by atoms with Gasteiger partial charge in [-0.25, -0.2) is 0 Å². The summed E-state index contributed by atoms with van der Waals surface area (Å²) >= 11 is 0. The van der Waals surface area contributed by atoms with Crippen molar-refractivity contribution in [2.24, 2.45) is 0 Å². The van der Waals surface area contributed by atoms with E-state index in [1.807, 2.05) is 24.5 Å². The summed E-state index contributed by atoms with van der Waals surface area (Å²) in [5.41, 5.74) is 1.09. The minimum Gasteiger partial charge on any atom is -0.495 e. The summed E-state index contributed by atoms with van der Waals surface area (Å²) in [7, 11) is 1.72. The maximum Gasteiger partial charge on any atom is 0.142 e. The van der Waals surface area contributed by atoms with Crippen LogP contribution in [0, 0.1) is 0 Å². The average molecular weight is 242 g/mol. The smallest absolute Gasteiger partial charge is 0.142 e. The molecule has 1 N–H and O–H groups in total. The molecule has 0 amide bonds. The third-order valence-electron chi connectivity index (χ3n) is 3.71. The number of nitrogens with zero attached hydrogens (tertiary/aromatic N) is 1. The van der Waals surface area contributed by atoms with Gasteiger partial charge in [-0.05, 0) is 30.4 Å². The van der Waals surface area contributed by atoms with E-state index < -0.39 is 0 Å². The number of rotatable bonds is 3. The molecule has 3 heteroatoms. The molecule has 0 aliphatic heterocycles. The molecule has 1 fully saturated rings. The molecule has 3 nitrogen and oxygen atoms in total. The van der Waals surface area contributed by atoms with Crippen molar-refractivity contribution >= 4 is 16.5 Å². The van der Waals surface area contributed by atoms with Gasteiger partial charge in [0.25, 0.3) is 0 Å². The number of fused-ring (bicyclic) bond motifs is 1. The van der Waals surface area contributed by atoms with Crippen molar-refractivity contribution in [2.75, 3.05) is 12.4 Å². The van der Waals surface area contributed by atoms with Crippen molar-refractivity contribution in [1.29, 1.82) is 0 Å². The molecule has 3 rings (SSSR count). The highest BCUT2D eigenvalue weighted by Crippen LogP contribution is 2.35. The van der Waals surface area contributed by atoms with Crippen LogP contribution in [0.4, 0.5) is 5.69 Å². The Hall–Kier alpha value is -1.77. The lowest BCUT2D eigenvalue weighted by molar-refractivity contribution is 0.416. The molecule has 1 heterocycles. The van der Waals surface area contributed by atoms with Crippen LogP contribution in [0.3, 0.4) is 0 Å². The Morgan fingerprint density at radius 1 is 1.22 bits per heavy atom. The van der Waals surface area contributed by atoms with Crippen LogP contribution in [0.25, 0.3) is 10.8 Å². The maximum atomic E-state index is 5.47. The van der Waals surface area contributed by atoms with Crippen molar-refractivity contribution in [3.63, 3.8) is 0 Å². The van der Waals surface area contributed by atoms with Crippen molar-refractivity contribution in [3.05, 3.63) is 30.6 Å². The molecule has 2 aromatic rings. The summed E-state index contributed by atoms with van der Waals surface area (Å²) in [6, 6.07) is 6.72. The van der Waals surface area contributed by atoms with Crippen molar-refractivity contribution < 1.29 is 4.74 Å². The molecule has 0 saturated heterocycles. The third-order valence-corrected chi connectivity index (χ3v) is 3.71. The number of anilines is 1. The lowest BCUT2D eigenvalue weighted by Gasteiger charge is -2.18. The molecule has 0 atom stereocenters. The monoisotopic (exact) mass is 242 g/mol. The van der Waals surface area contributed by atoms with Crippen LogP contribution in [0.15, 0.2) is 30.6 Å². The van der Waals surface area contributed by atoms with Crippen molar-refractivity contribution in [1.82, 2.24) is 4.98 Å². The number of hydrogen-bond acceptors (Lipinski definition) is 3. The van der Waals surface area contributed by atoms with Crippen LogP contribution >= 0.6 is 0 Å².